The van der Waals surface area contributed by atoms with Gasteiger partial charge in [0.2, 0.25) is 0 Å². The standard InChI is InChI=1S/C13H14N4O/c1-8-3-11-12(4-9(8)2)17(7-15-11)13-16-10(5-14)6-18-13/h3-4,6-7H,5,14H2,1-2H3. The summed E-state index contributed by atoms with van der Waals surface area (Å²) in [6.07, 6.45) is 3.29. The highest BCUT2D eigenvalue weighted by molar-refractivity contribution is 5.78. The maximum Gasteiger partial charge on any atom is 0.307 e. The first kappa shape index (κ1) is 11.0. The molecule has 0 aliphatic rings. The summed E-state index contributed by atoms with van der Waals surface area (Å²) in [5, 5.41) is 0. The Morgan fingerprint density at radius 1 is 1.28 bits per heavy atom. The number of aryl methyl sites for hydroxylation is 2. The maximum atomic E-state index is 5.53. The second kappa shape index (κ2) is 3.96. The molecule has 2 N–H and O–H groups in total. The van der Waals surface area contributed by atoms with Crippen LogP contribution in [0.5, 0.6) is 0 Å². The summed E-state index contributed by atoms with van der Waals surface area (Å²) in [6.45, 7) is 4.52. The molecule has 0 fully saturated rings. The Morgan fingerprint density at radius 2 is 2.06 bits per heavy atom. The smallest absolute Gasteiger partial charge is 0.307 e. The van der Waals surface area contributed by atoms with Gasteiger partial charge in [0.1, 0.15) is 12.6 Å². The Morgan fingerprint density at radius 3 is 2.78 bits per heavy atom. The predicted molar refractivity (Wildman–Crippen MR) is 68.5 cm³/mol. The van der Waals surface area contributed by atoms with Gasteiger partial charge in [-0.05, 0) is 37.1 Å². The largest absolute Gasteiger partial charge is 0.431 e. The minimum Gasteiger partial charge on any atom is -0.431 e. The molecule has 3 rings (SSSR count). The SMILES string of the molecule is Cc1cc2ncn(-c3nc(CN)co3)c2cc1C. The third-order valence-corrected chi connectivity index (χ3v) is 3.12. The molecular weight excluding hydrogens is 228 g/mol. The predicted octanol–water partition coefficient (Wildman–Crippen LogP) is 2.09. The first-order chi connectivity index (χ1) is 8.69. The second-order valence-corrected chi connectivity index (χ2v) is 4.37. The third-order valence-electron chi connectivity index (χ3n) is 3.12. The lowest BCUT2D eigenvalue weighted by atomic mass is 10.1. The van der Waals surface area contributed by atoms with E-state index in [4.69, 9.17) is 10.2 Å². The Labute approximate surface area is 104 Å². The number of rotatable bonds is 2. The molecule has 0 saturated carbocycles. The summed E-state index contributed by atoms with van der Waals surface area (Å²) < 4.78 is 7.24. The summed E-state index contributed by atoms with van der Waals surface area (Å²) in [6, 6.07) is 4.65. The van der Waals surface area contributed by atoms with Crippen LogP contribution >= 0.6 is 0 Å². The number of nitrogens with two attached hydrogens (primary N) is 1. The minimum absolute atomic E-state index is 0.369. The van der Waals surface area contributed by atoms with E-state index in [1.165, 1.54) is 11.1 Å². The number of nitrogens with zero attached hydrogens (tertiary/aromatic N) is 3. The van der Waals surface area contributed by atoms with Gasteiger partial charge in [0.25, 0.3) is 0 Å². The monoisotopic (exact) mass is 242 g/mol. The molecule has 2 heterocycles. The number of aromatic nitrogens is 3. The van der Waals surface area contributed by atoms with E-state index in [1.807, 2.05) is 4.57 Å². The number of fused-ring (bicyclic) bond motifs is 1. The van der Waals surface area contributed by atoms with E-state index in [9.17, 15) is 0 Å². The van der Waals surface area contributed by atoms with Gasteiger partial charge in [0.05, 0.1) is 16.7 Å². The molecule has 0 bridgehead atoms. The summed E-state index contributed by atoms with van der Waals surface area (Å²) in [5.41, 5.74) is 10.6. The van der Waals surface area contributed by atoms with Crippen molar-refractivity contribution in [2.45, 2.75) is 20.4 Å². The van der Waals surface area contributed by atoms with Gasteiger partial charge in [-0.15, -0.1) is 0 Å². The van der Waals surface area contributed by atoms with Crippen LogP contribution in [0.25, 0.3) is 17.0 Å². The molecule has 0 aliphatic carbocycles. The molecule has 3 aromatic rings. The van der Waals surface area contributed by atoms with Gasteiger partial charge in [0, 0.05) is 6.54 Å². The first-order valence-corrected chi connectivity index (χ1v) is 5.78. The second-order valence-electron chi connectivity index (χ2n) is 4.37. The zero-order valence-electron chi connectivity index (χ0n) is 10.3. The molecular formula is C13H14N4O. The van der Waals surface area contributed by atoms with Gasteiger partial charge in [-0.2, -0.15) is 4.98 Å². The summed E-state index contributed by atoms with van der Waals surface area (Å²) in [5.74, 6) is 0. The van der Waals surface area contributed by atoms with Gasteiger partial charge in [0.15, 0.2) is 0 Å². The molecule has 0 aliphatic heterocycles. The number of imidazole rings is 1. The van der Waals surface area contributed by atoms with Crippen LogP contribution in [0.1, 0.15) is 16.8 Å². The first-order valence-electron chi connectivity index (χ1n) is 5.78. The van der Waals surface area contributed by atoms with Crippen molar-refractivity contribution in [1.82, 2.24) is 14.5 Å². The van der Waals surface area contributed by atoms with Gasteiger partial charge in [-0.25, -0.2) is 4.98 Å². The highest BCUT2D eigenvalue weighted by Gasteiger charge is 2.10. The molecule has 92 valence electrons. The molecule has 1 aromatic carbocycles. The van der Waals surface area contributed by atoms with Crippen LogP contribution < -0.4 is 5.73 Å². The Hall–Kier alpha value is -2.14. The van der Waals surface area contributed by atoms with E-state index in [-0.39, 0.29) is 0 Å². The van der Waals surface area contributed by atoms with E-state index in [0.717, 1.165) is 16.7 Å². The van der Waals surface area contributed by atoms with Crippen LogP contribution in [-0.2, 0) is 6.54 Å². The lowest BCUT2D eigenvalue weighted by molar-refractivity contribution is 0.530. The highest BCUT2D eigenvalue weighted by atomic mass is 16.4. The molecule has 0 radical (unpaired) electrons. The van der Waals surface area contributed by atoms with Gasteiger partial charge in [-0.1, -0.05) is 0 Å². The number of benzene rings is 1. The zero-order chi connectivity index (χ0) is 12.7. The lowest BCUT2D eigenvalue weighted by Gasteiger charge is -2.01. The Bertz CT molecular complexity index is 711. The quantitative estimate of drug-likeness (QED) is 0.747. The topological polar surface area (TPSA) is 69.9 Å². The van der Waals surface area contributed by atoms with Crippen LogP contribution in [-0.4, -0.2) is 14.5 Å². The van der Waals surface area contributed by atoms with Gasteiger partial charge >= 0.3 is 6.01 Å². The molecule has 0 unspecified atom stereocenters. The van der Waals surface area contributed by atoms with Crippen molar-refractivity contribution in [3.63, 3.8) is 0 Å². The van der Waals surface area contributed by atoms with Crippen LogP contribution in [0, 0.1) is 13.8 Å². The average molecular weight is 242 g/mol. The number of hydrogen-bond acceptors (Lipinski definition) is 4. The third kappa shape index (κ3) is 1.60. The normalized spacial score (nSPS) is 11.3. The van der Waals surface area contributed by atoms with E-state index in [2.05, 4.69) is 35.9 Å². The van der Waals surface area contributed by atoms with Crippen molar-refractivity contribution in [2.24, 2.45) is 5.73 Å². The zero-order valence-corrected chi connectivity index (χ0v) is 10.3. The molecule has 0 atom stereocenters. The fraction of sp³-hybridized carbons (Fsp3) is 0.231. The molecule has 0 amide bonds. The highest BCUT2D eigenvalue weighted by Crippen LogP contribution is 2.21. The van der Waals surface area contributed by atoms with Crippen molar-refractivity contribution >= 4 is 11.0 Å². The van der Waals surface area contributed by atoms with E-state index >= 15 is 0 Å². The van der Waals surface area contributed by atoms with Crippen molar-refractivity contribution in [1.29, 1.82) is 0 Å². The molecule has 18 heavy (non-hydrogen) atoms. The Balaban J connectivity index is 2.20. The van der Waals surface area contributed by atoms with E-state index in [0.29, 0.717) is 12.6 Å². The van der Waals surface area contributed by atoms with Crippen molar-refractivity contribution in [3.8, 4) is 6.01 Å². The van der Waals surface area contributed by atoms with E-state index in [1.54, 1.807) is 12.6 Å². The summed E-state index contributed by atoms with van der Waals surface area (Å²) >= 11 is 0. The average Bonchev–Trinajstić information content (AvgIpc) is 2.96. The fourth-order valence-electron chi connectivity index (χ4n) is 1.92. The van der Waals surface area contributed by atoms with Crippen LogP contribution in [0.3, 0.4) is 0 Å². The van der Waals surface area contributed by atoms with Crippen LogP contribution in [0.4, 0.5) is 0 Å². The molecule has 2 aromatic heterocycles. The van der Waals surface area contributed by atoms with Crippen molar-refractivity contribution in [2.75, 3.05) is 0 Å². The van der Waals surface area contributed by atoms with Gasteiger partial charge in [-0.3, -0.25) is 4.57 Å². The fourth-order valence-corrected chi connectivity index (χ4v) is 1.92. The number of oxazole rings is 1. The maximum absolute atomic E-state index is 5.53. The molecule has 0 spiro atoms. The van der Waals surface area contributed by atoms with Crippen LogP contribution in [0.15, 0.2) is 29.1 Å². The van der Waals surface area contributed by atoms with Crippen molar-refractivity contribution < 1.29 is 4.42 Å². The van der Waals surface area contributed by atoms with Crippen molar-refractivity contribution in [3.05, 3.63) is 41.5 Å². The summed E-state index contributed by atoms with van der Waals surface area (Å²) in [7, 11) is 0. The van der Waals surface area contributed by atoms with Gasteiger partial charge < -0.3 is 10.2 Å². The lowest BCUT2D eigenvalue weighted by Crippen LogP contribution is -1.98. The molecule has 5 nitrogen and oxygen atoms in total. The van der Waals surface area contributed by atoms with E-state index < -0.39 is 0 Å². The Kier molecular flexibility index (Phi) is 2.41. The molecule has 0 saturated heterocycles. The minimum atomic E-state index is 0.369. The van der Waals surface area contributed by atoms with Crippen LogP contribution in [0.2, 0.25) is 0 Å². The summed E-state index contributed by atoms with van der Waals surface area (Å²) in [4.78, 5) is 8.67. The molecule has 5 heteroatoms. The number of hydrogen-bond donors (Lipinski definition) is 1.